The van der Waals surface area contributed by atoms with Gasteiger partial charge in [-0.3, -0.25) is 4.79 Å². The van der Waals surface area contributed by atoms with E-state index in [1.807, 2.05) is 7.05 Å². The average molecular weight is 201 g/mol. The van der Waals surface area contributed by atoms with Crippen LogP contribution in [0.1, 0.15) is 19.8 Å². The largest absolute Gasteiger partial charge is 0.354 e. The molecule has 1 saturated heterocycles. The molecule has 2 fully saturated rings. The van der Waals surface area contributed by atoms with Crippen molar-refractivity contribution in [1.82, 2.24) is 4.90 Å². The number of thiocarbonyl (C=S) groups is 1. The highest BCUT2D eigenvalue weighted by molar-refractivity contribution is 8.23. The molecule has 0 aromatic carbocycles. The molecule has 2 rings (SSSR count). The van der Waals surface area contributed by atoms with Crippen molar-refractivity contribution in [2.24, 2.45) is 0 Å². The fourth-order valence-electron chi connectivity index (χ4n) is 1.92. The van der Waals surface area contributed by atoms with Crippen molar-refractivity contribution in [1.29, 1.82) is 0 Å². The molecular formula is C8H11NOS2. The lowest BCUT2D eigenvalue weighted by Gasteiger charge is -2.30. The van der Waals surface area contributed by atoms with Crippen LogP contribution in [0.15, 0.2) is 0 Å². The van der Waals surface area contributed by atoms with Gasteiger partial charge < -0.3 is 4.90 Å². The van der Waals surface area contributed by atoms with Gasteiger partial charge in [-0.1, -0.05) is 24.0 Å². The Labute approximate surface area is 81.7 Å². The maximum absolute atomic E-state index is 11.2. The van der Waals surface area contributed by atoms with E-state index in [-0.39, 0.29) is 5.54 Å². The third-order valence-corrected chi connectivity index (χ3v) is 4.94. The van der Waals surface area contributed by atoms with Crippen molar-refractivity contribution in [2.75, 3.05) is 7.05 Å². The maximum Gasteiger partial charge on any atom is 0.136 e. The molecule has 0 aromatic rings. The second-order valence-electron chi connectivity index (χ2n) is 3.71. The van der Waals surface area contributed by atoms with Crippen LogP contribution in [0, 0.1) is 0 Å². The molecule has 0 bridgehead atoms. The van der Waals surface area contributed by atoms with E-state index < -0.39 is 0 Å². The van der Waals surface area contributed by atoms with E-state index in [9.17, 15) is 4.79 Å². The van der Waals surface area contributed by atoms with E-state index in [4.69, 9.17) is 12.2 Å². The first-order valence-corrected chi connectivity index (χ1v) is 5.29. The first-order chi connectivity index (χ1) is 5.54. The molecule has 1 aliphatic heterocycles. The number of hydrogen-bond acceptors (Lipinski definition) is 3. The predicted molar refractivity (Wildman–Crippen MR) is 54.4 cm³/mol. The molecule has 2 atom stereocenters. The van der Waals surface area contributed by atoms with Crippen molar-refractivity contribution >= 4 is 34.1 Å². The summed E-state index contributed by atoms with van der Waals surface area (Å²) in [4.78, 5) is 13.3. The van der Waals surface area contributed by atoms with E-state index in [0.717, 1.165) is 4.32 Å². The van der Waals surface area contributed by atoms with Gasteiger partial charge in [0.1, 0.15) is 10.1 Å². The predicted octanol–water partition coefficient (Wildman–Crippen LogP) is 1.44. The van der Waals surface area contributed by atoms with Crippen molar-refractivity contribution in [3.8, 4) is 0 Å². The first-order valence-electron chi connectivity index (χ1n) is 4.00. The average Bonchev–Trinajstić information content (AvgIpc) is 2.34. The molecule has 2 nitrogen and oxygen atoms in total. The summed E-state index contributed by atoms with van der Waals surface area (Å²) in [5.74, 6) is 0.379. The summed E-state index contributed by atoms with van der Waals surface area (Å²) in [5, 5.41) is 0.405. The van der Waals surface area contributed by atoms with Crippen LogP contribution in [-0.2, 0) is 4.79 Å². The van der Waals surface area contributed by atoms with Gasteiger partial charge >= 0.3 is 0 Å². The quantitative estimate of drug-likeness (QED) is 0.552. The van der Waals surface area contributed by atoms with Crippen molar-refractivity contribution in [2.45, 2.75) is 30.6 Å². The number of thioether (sulfide) groups is 1. The summed E-state index contributed by atoms with van der Waals surface area (Å²) >= 11 is 6.87. The Morgan fingerprint density at radius 2 is 2.42 bits per heavy atom. The summed E-state index contributed by atoms with van der Waals surface area (Å²) in [6.45, 7) is 2.13. The Morgan fingerprint density at radius 3 is 3.00 bits per heavy atom. The lowest BCUT2D eigenvalue weighted by atomic mass is 9.99. The van der Waals surface area contributed by atoms with Gasteiger partial charge in [0, 0.05) is 25.1 Å². The van der Waals surface area contributed by atoms with E-state index in [1.165, 1.54) is 0 Å². The molecule has 1 aliphatic carbocycles. The summed E-state index contributed by atoms with van der Waals surface area (Å²) in [7, 11) is 1.99. The monoisotopic (exact) mass is 201 g/mol. The van der Waals surface area contributed by atoms with E-state index in [0.29, 0.717) is 23.9 Å². The fraction of sp³-hybridized carbons (Fsp3) is 0.750. The van der Waals surface area contributed by atoms with Gasteiger partial charge in [0.15, 0.2) is 0 Å². The van der Waals surface area contributed by atoms with Crippen LogP contribution in [0.5, 0.6) is 0 Å². The van der Waals surface area contributed by atoms with E-state index in [2.05, 4.69) is 11.8 Å². The standard InChI is InChI=1S/C8H11NOS2/c1-8-4-5(10)3-6(8)12-7(11)9(8)2/h6H,3-4H2,1-2H3/t6-,8+/m1/s1. The topological polar surface area (TPSA) is 20.3 Å². The fourth-order valence-corrected chi connectivity index (χ4v) is 3.86. The Balaban J connectivity index is 2.33. The Morgan fingerprint density at radius 1 is 1.75 bits per heavy atom. The smallest absolute Gasteiger partial charge is 0.136 e. The number of rotatable bonds is 0. The lowest BCUT2D eigenvalue weighted by molar-refractivity contribution is -0.117. The van der Waals surface area contributed by atoms with Gasteiger partial charge in [-0.15, -0.1) is 0 Å². The summed E-state index contributed by atoms with van der Waals surface area (Å²) in [5.41, 5.74) is 0.0127. The van der Waals surface area contributed by atoms with Gasteiger partial charge in [0.2, 0.25) is 0 Å². The van der Waals surface area contributed by atoms with Crippen LogP contribution in [-0.4, -0.2) is 32.8 Å². The second kappa shape index (κ2) is 2.45. The zero-order valence-corrected chi connectivity index (χ0v) is 8.80. The van der Waals surface area contributed by atoms with Crippen LogP contribution in [0.3, 0.4) is 0 Å². The second-order valence-corrected chi connectivity index (χ2v) is 5.54. The number of hydrogen-bond donors (Lipinski definition) is 0. The molecule has 1 heterocycles. The van der Waals surface area contributed by atoms with Gasteiger partial charge in [-0.05, 0) is 6.92 Å². The minimum Gasteiger partial charge on any atom is -0.354 e. The molecule has 0 radical (unpaired) electrons. The zero-order chi connectivity index (χ0) is 8.93. The SMILES string of the molecule is CN1C(=S)S[C@@H]2CC(=O)C[C@@]21C. The number of carbonyl (C=O) groups excluding carboxylic acids is 1. The number of carbonyl (C=O) groups is 1. The number of ketones is 1. The number of Topliss-reactive ketones (excluding diaryl/α,β-unsaturated/α-hetero) is 1. The van der Waals surface area contributed by atoms with Gasteiger partial charge in [0.05, 0.1) is 5.54 Å². The van der Waals surface area contributed by atoms with Gasteiger partial charge in [0.25, 0.3) is 0 Å². The summed E-state index contributed by atoms with van der Waals surface area (Å²) < 4.78 is 0.940. The van der Waals surface area contributed by atoms with Crippen molar-refractivity contribution in [3.63, 3.8) is 0 Å². The molecule has 0 spiro atoms. The molecule has 66 valence electrons. The van der Waals surface area contributed by atoms with E-state index in [1.54, 1.807) is 11.8 Å². The van der Waals surface area contributed by atoms with Crippen molar-refractivity contribution in [3.05, 3.63) is 0 Å². The number of nitrogens with zero attached hydrogens (tertiary/aromatic N) is 1. The Hall–Kier alpha value is -0.0900. The number of fused-ring (bicyclic) bond motifs is 1. The van der Waals surface area contributed by atoms with Crippen LogP contribution < -0.4 is 0 Å². The Kier molecular flexibility index (Phi) is 1.74. The van der Waals surface area contributed by atoms with Crippen LogP contribution >= 0.6 is 24.0 Å². The minimum absolute atomic E-state index is 0.0127. The molecule has 0 unspecified atom stereocenters. The highest BCUT2D eigenvalue weighted by Crippen LogP contribution is 2.47. The molecule has 2 aliphatic rings. The molecule has 0 N–H and O–H groups in total. The molecule has 1 saturated carbocycles. The maximum atomic E-state index is 11.2. The van der Waals surface area contributed by atoms with Gasteiger partial charge in [-0.2, -0.15) is 0 Å². The van der Waals surface area contributed by atoms with Crippen LogP contribution in [0.25, 0.3) is 0 Å². The van der Waals surface area contributed by atoms with Gasteiger partial charge in [-0.25, -0.2) is 0 Å². The molecule has 4 heteroatoms. The third-order valence-electron chi connectivity index (χ3n) is 2.94. The lowest BCUT2D eigenvalue weighted by Crippen LogP contribution is -2.43. The molecular weight excluding hydrogens is 190 g/mol. The first kappa shape index (κ1) is 8.51. The minimum atomic E-state index is 0.0127. The van der Waals surface area contributed by atoms with E-state index >= 15 is 0 Å². The normalized spacial score (nSPS) is 40.8. The van der Waals surface area contributed by atoms with Crippen LogP contribution in [0.4, 0.5) is 0 Å². The summed E-state index contributed by atoms with van der Waals surface area (Å²) in [6.07, 6.45) is 1.37. The zero-order valence-electron chi connectivity index (χ0n) is 7.16. The molecule has 0 amide bonds. The molecule has 12 heavy (non-hydrogen) atoms. The molecule has 0 aromatic heterocycles. The highest BCUT2D eigenvalue weighted by atomic mass is 32.2. The van der Waals surface area contributed by atoms with Crippen molar-refractivity contribution < 1.29 is 4.79 Å². The Bertz CT molecular complexity index is 266. The third kappa shape index (κ3) is 0.941. The van der Waals surface area contributed by atoms with Crippen LogP contribution in [0.2, 0.25) is 0 Å². The highest BCUT2D eigenvalue weighted by Gasteiger charge is 2.52. The summed E-state index contributed by atoms with van der Waals surface area (Å²) in [6, 6.07) is 0.